The van der Waals surface area contributed by atoms with Crippen LogP contribution in [0.4, 0.5) is 11.5 Å². The van der Waals surface area contributed by atoms with Crippen molar-refractivity contribution in [3.8, 4) is 11.1 Å². The van der Waals surface area contributed by atoms with Gasteiger partial charge in [0.05, 0.1) is 5.52 Å². The quantitative estimate of drug-likeness (QED) is 0.697. The summed E-state index contributed by atoms with van der Waals surface area (Å²) in [5.41, 5.74) is 10.9. The molecule has 3 aromatic rings. The number of hydrogen-bond acceptors (Lipinski definition) is 4. The summed E-state index contributed by atoms with van der Waals surface area (Å²) in [5.74, 6) is 0.817. The van der Waals surface area contributed by atoms with E-state index in [1.807, 2.05) is 43.7 Å². The highest BCUT2D eigenvalue weighted by molar-refractivity contribution is 5.85. The van der Waals surface area contributed by atoms with E-state index < -0.39 is 0 Å². The van der Waals surface area contributed by atoms with Crippen LogP contribution >= 0.6 is 0 Å². The van der Waals surface area contributed by atoms with Crippen molar-refractivity contribution < 1.29 is 0 Å². The summed E-state index contributed by atoms with van der Waals surface area (Å²) < 4.78 is 0. The largest absolute Gasteiger partial charge is 0.399 e. The van der Waals surface area contributed by atoms with E-state index in [0.29, 0.717) is 0 Å². The van der Waals surface area contributed by atoms with Gasteiger partial charge >= 0.3 is 0 Å². The number of nitrogens with zero attached hydrogens (tertiary/aromatic N) is 2. The number of nitrogens with two attached hydrogens (primary N) is 1. The van der Waals surface area contributed by atoms with E-state index in [-0.39, 0.29) is 0 Å². The van der Waals surface area contributed by atoms with Crippen LogP contribution in [-0.2, 0) is 0 Å². The average Bonchev–Trinajstić information content (AvgIpc) is 2.48. The molecule has 3 rings (SSSR count). The van der Waals surface area contributed by atoms with Gasteiger partial charge in [-0.3, -0.25) is 4.98 Å². The maximum atomic E-state index is 5.87. The van der Waals surface area contributed by atoms with Gasteiger partial charge in [-0.2, -0.15) is 0 Å². The van der Waals surface area contributed by atoms with E-state index in [4.69, 9.17) is 5.73 Å². The zero-order valence-corrected chi connectivity index (χ0v) is 11.5. The number of nitrogen functional groups attached to an aromatic ring is 1. The molecule has 20 heavy (non-hydrogen) atoms. The van der Waals surface area contributed by atoms with Crippen LogP contribution in [-0.4, -0.2) is 17.0 Å². The van der Waals surface area contributed by atoms with Crippen LogP contribution < -0.4 is 11.1 Å². The third kappa shape index (κ3) is 2.16. The molecule has 0 spiro atoms. The van der Waals surface area contributed by atoms with E-state index in [0.717, 1.165) is 33.5 Å². The van der Waals surface area contributed by atoms with Gasteiger partial charge in [0.2, 0.25) is 0 Å². The lowest BCUT2D eigenvalue weighted by molar-refractivity contribution is 1.29. The summed E-state index contributed by atoms with van der Waals surface area (Å²) in [6.45, 7) is 2.07. The van der Waals surface area contributed by atoms with Crippen LogP contribution in [0.2, 0.25) is 0 Å². The number of benzene rings is 1. The van der Waals surface area contributed by atoms with Gasteiger partial charge in [-0.15, -0.1) is 0 Å². The molecule has 0 unspecified atom stereocenters. The van der Waals surface area contributed by atoms with Gasteiger partial charge in [0.1, 0.15) is 5.82 Å². The van der Waals surface area contributed by atoms with Gasteiger partial charge in [0, 0.05) is 42.1 Å². The van der Waals surface area contributed by atoms with Crippen molar-refractivity contribution in [3.63, 3.8) is 0 Å². The number of hydrogen-bond donors (Lipinski definition) is 2. The summed E-state index contributed by atoms with van der Waals surface area (Å²) in [4.78, 5) is 8.84. The highest BCUT2D eigenvalue weighted by atomic mass is 14.9. The number of anilines is 2. The van der Waals surface area contributed by atoms with Crippen molar-refractivity contribution in [2.24, 2.45) is 0 Å². The van der Waals surface area contributed by atoms with Crippen LogP contribution in [0.15, 0.2) is 42.7 Å². The van der Waals surface area contributed by atoms with Crippen LogP contribution in [0.1, 0.15) is 5.56 Å². The minimum atomic E-state index is 0.759. The highest BCUT2D eigenvalue weighted by Crippen LogP contribution is 2.27. The molecule has 0 saturated carbocycles. The van der Waals surface area contributed by atoms with Gasteiger partial charge in [0.25, 0.3) is 0 Å². The molecule has 0 saturated heterocycles. The molecule has 0 aliphatic carbocycles. The topological polar surface area (TPSA) is 63.8 Å². The summed E-state index contributed by atoms with van der Waals surface area (Å²) in [6, 6.07) is 9.95. The Morgan fingerprint density at radius 1 is 1.05 bits per heavy atom. The predicted molar refractivity (Wildman–Crippen MR) is 83.7 cm³/mol. The molecule has 0 radical (unpaired) electrons. The van der Waals surface area contributed by atoms with Crippen molar-refractivity contribution >= 4 is 22.4 Å². The SMILES string of the molecule is CNc1cc2ncc(-c3cc(N)ccc3C)cc2cn1. The molecule has 3 N–H and O–H groups in total. The molecule has 0 aliphatic heterocycles. The molecule has 4 nitrogen and oxygen atoms in total. The first-order valence-corrected chi connectivity index (χ1v) is 6.47. The van der Waals surface area contributed by atoms with E-state index in [2.05, 4.69) is 28.3 Å². The second kappa shape index (κ2) is 4.81. The predicted octanol–water partition coefficient (Wildman–Crippen LogP) is 3.23. The lowest BCUT2D eigenvalue weighted by atomic mass is 10.0. The van der Waals surface area contributed by atoms with Crippen LogP contribution in [0.25, 0.3) is 22.0 Å². The third-order valence-electron chi connectivity index (χ3n) is 3.39. The fourth-order valence-electron chi connectivity index (χ4n) is 2.26. The Hall–Kier alpha value is -2.62. The van der Waals surface area contributed by atoms with Crippen molar-refractivity contribution in [2.45, 2.75) is 6.92 Å². The molecule has 100 valence electrons. The highest BCUT2D eigenvalue weighted by Gasteiger charge is 2.05. The number of rotatable bonds is 2. The lowest BCUT2D eigenvalue weighted by Crippen LogP contribution is -1.93. The maximum Gasteiger partial charge on any atom is 0.127 e. The molecule has 1 aromatic carbocycles. The van der Waals surface area contributed by atoms with Crippen LogP contribution in [0.5, 0.6) is 0 Å². The smallest absolute Gasteiger partial charge is 0.127 e. The number of fused-ring (bicyclic) bond motifs is 1. The lowest BCUT2D eigenvalue weighted by Gasteiger charge is -2.08. The Kier molecular flexibility index (Phi) is 2.99. The van der Waals surface area contributed by atoms with E-state index in [9.17, 15) is 0 Å². The summed E-state index contributed by atoms with van der Waals surface area (Å²) in [7, 11) is 1.85. The average molecular weight is 264 g/mol. The molecule has 2 aromatic heterocycles. The second-order valence-electron chi connectivity index (χ2n) is 4.81. The number of aromatic nitrogens is 2. The van der Waals surface area contributed by atoms with Gasteiger partial charge in [0.15, 0.2) is 0 Å². The van der Waals surface area contributed by atoms with Gasteiger partial charge in [-0.05, 0) is 36.2 Å². The molecule has 0 bridgehead atoms. The Morgan fingerprint density at radius 2 is 1.90 bits per heavy atom. The minimum Gasteiger partial charge on any atom is -0.399 e. The molecule has 0 amide bonds. The Bertz CT molecular complexity index is 781. The zero-order chi connectivity index (χ0) is 14.1. The molecule has 0 atom stereocenters. The minimum absolute atomic E-state index is 0.759. The molecule has 2 heterocycles. The fraction of sp³-hybridized carbons (Fsp3) is 0.125. The van der Waals surface area contributed by atoms with Crippen molar-refractivity contribution in [3.05, 3.63) is 48.3 Å². The maximum absolute atomic E-state index is 5.87. The summed E-state index contributed by atoms with van der Waals surface area (Å²) >= 11 is 0. The summed E-state index contributed by atoms with van der Waals surface area (Å²) in [6.07, 6.45) is 3.71. The second-order valence-corrected chi connectivity index (χ2v) is 4.81. The Morgan fingerprint density at radius 3 is 2.70 bits per heavy atom. The van der Waals surface area contributed by atoms with Crippen LogP contribution in [0, 0.1) is 6.92 Å². The zero-order valence-electron chi connectivity index (χ0n) is 11.5. The third-order valence-corrected chi connectivity index (χ3v) is 3.39. The first-order valence-electron chi connectivity index (χ1n) is 6.47. The number of pyridine rings is 2. The molecular weight excluding hydrogens is 248 g/mol. The van der Waals surface area contributed by atoms with Gasteiger partial charge in [-0.1, -0.05) is 6.07 Å². The van der Waals surface area contributed by atoms with E-state index in [1.54, 1.807) is 0 Å². The standard InChI is InChI=1S/C16H16N4/c1-10-3-4-13(17)6-14(10)11-5-12-9-20-16(18-2)7-15(12)19-8-11/h3-9H,17H2,1-2H3,(H,18,20). The van der Waals surface area contributed by atoms with Crippen LogP contribution in [0.3, 0.4) is 0 Å². The Labute approximate surface area is 117 Å². The molecular formula is C16H16N4. The molecule has 4 heteroatoms. The first-order chi connectivity index (χ1) is 9.67. The van der Waals surface area contributed by atoms with E-state index in [1.165, 1.54) is 5.56 Å². The summed E-state index contributed by atoms with van der Waals surface area (Å²) in [5, 5.41) is 4.03. The monoisotopic (exact) mass is 264 g/mol. The van der Waals surface area contributed by atoms with Gasteiger partial charge < -0.3 is 11.1 Å². The van der Waals surface area contributed by atoms with E-state index >= 15 is 0 Å². The number of aryl methyl sites for hydroxylation is 1. The first kappa shape index (κ1) is 12.4. The Balaban J connectivity index is 2.15. The van der Waals surface area contributed by atoms with Crippen molar-refractivity contribution in [2.75, 3.05) is 18.1 Å². The number of nitrogens with one attached hydrogen (secondary N) is 1. The van der Waals surface area contributed by atoms with Crippen molar-refractivity contribution in [1.82, 2.24) is 9.97 Å². The fourth-order valence-corrected chi connectivity index (χ4v) is 2.26. The molecule has 0 aliphatic rings. The van der Waals surface area contributed by atoms with Gasteiger partial charge in [-0.25, -0.2) is 4.98 Å². The molecule has 0 fully saturated rings. The normalized spacial score (nSPS) is 10.7. The van der Waals surface area contributed by atoms with Crippen molar-refractivity contribution in [1.29, 1.82) is 0 Å².